The van der Waals surface area contributed by atoms with Crippen LogP contribution in [0.4, 0.5) is 0 Å². The van der Waals surface area contributed by atoms with E-state index in [4.69, 9.17) is 27.4 Å². The van der Waals surface area contributed by atoms with Gasteiger partial charge in [0.25, 0.3) is 0 Å². The quantitative estimate of drug-likeness (QED) is 0.220. The molecular weight excluding hydrogens is 152 g/mol. The van der Waals surface area contributed by atoms with Crippen LogP contribution in [0.3, 0.4) is 0 Å². The van der Waals surface area contributed by atoms with Crippen LogP contribution in [-0.2, 0) is 4.79 Å². The molecule has 7 nitrogen and oxygen atoms in total. The van der Waals surface area contributed by atoms with E-state index < -0.39 is 24.2 Å². The van der Waals surface area contributed by atoms with Crippen molar-refractivity contribution in [3.8, 4) is 0 Å². The predicted octanol–water partition coefficient (Wildman–Crippen LogP) is -3.01. The van der Waals surface area contributed by atoms with Crippen LogP contribution in [0.5, 0.6) is 0 Å². The molecule has 64 valence electrons. The van der Waals surface area contributed by atoms with Gasteiger partial charge in [-0.05, 0) is 0 Å². The number of aliphatic imine (C=N–C) groups is 1. The van der Waals surface area contributed by atoms with E-state index in [9.17, 15) is 4.79 Å². The number of hydrogen-bond acceptors (Lipinski definition) is 4. The zero-order chi connectivity index (χ0) is 9.07. The average molecular weight is 162 g/mol. The first-order valence-corrected chi connectivity index (χ1v) is 2.66. The van der Waals surface area contributed by atoms with Crippen molar-refractivity contribution >= 4 is 11.9 Å². The Morgan fingerprint density at radius 1 is 1.55 bits per heavy atom. The van der Waals surface area contributed by atoms with Gasteiger partial charge in [0.15, 0.2) is 5.96 Å². The largest absolute Gasteiger partial charge is 0.478 e. The van der Waals surface area contributed by atoms with Crippen LogP contribution < -0.4 is 17.2 Å². The molecular formula is C4H10N4O3. The lowest BCUT2D eigenvalue weighted by molar-refractivity contribution is -0.144. The lowest BCUT2D eigenvalue weighted by Gasteiger charge is -2.16. The van der Waals surface area contributed by atoms with Gasteiger partial charge in [-0.3, -0.25) is 5.73 Å². The Morgan fingerprint density at radius 2 is 2.00 bits per heavy atom. The Balaban J connectivity index is 4.62. The van der Waals surface area contributed by atoms with Crippen LogP contribution in [0, 0.1) is 0 Å². The van der Waals surface area contributed by atoms with E-state index >= 15 is 0 Å². The summed E-state index contributed by atoms with van der Waals surface area (Å²) in [7, 11) is 0. The number of rotatable bonds is 3. The number of aliphatic hydroxyl groups excluding tert-OH is 1. The van der Waals surface area contributed by atoms with Gasteiger partial charge in [-0.15, -0.1) is 0 Å². The molecule has 0 rings (SSSR count). The molecule has 0 radical (unpaired) electrons. The van der Waals surface area contributed by atoms with Gasteiger partial charge in [0.1, 0.15) is 0 Å². The summed E-state index contributed by atoms with van der Waals surface area (Å²) in [4.78, 5) is 13.4. The molecule has 0 amide bonds. The van der Waals surface area contributed by atoms with Crippen LogP contribution >= 0.6 is 0 Å². The van der Waals surface area contributed by atoms with Crippen molar-refractivity contribution in [1.82, 2.24) is 0 Å². The summed E-state index contributed by atoms with van der Waals surface area (Å²) >= 11 is 0. The van der Waals surface area contributed by atoms with E-state index in [1.54, 1.807) is 0 Å². The van der Waals surface area contributed by atoms with Crippen LogP contribution in [-0.4, -0.2) is 34.4 Å². The molecule has 0 aromatic heterocycles. The first-order valence-electron chi connectivity index (χ1n) is 2.66. The van der Waals surface area contributed by atoms with Crippen molar-refractivity contribution in [2.45, 2.75) is 5.66 Å². The number of carbonyl (C=O) groups is 1. The van der Waals surface area contributed by atoms with Gasteiger partial charge in [0.2, 0.25) is 5.66 Å². The Hall–Kier alpha value is -1.34. The van der Waals surface area contributed by atoms with Crippen LogP contribution in [0.25, 0.3) is 0 Å². The molecule has 8 N–H and O–H groups in total. The van der Waals surface area contributed by atoms with E-state index in [2.05, 4.69) is 4.99 Å². The molecule has 0 bridgehead atoms. The second-order valence-electron chi connectivity index (χ2n) is 1.92. The van der Waals surface area contributed by atoms with E-state index in [1.165, 1.54) is 0 Å². The number of carboxylic acids is 1. The second kappa shape index (κ2) is 3.17. The minimum absolute atomic E-state index is 0.482. The molecule has 0 aromatic carbocycles. The summed E-state index contributed by atoms with van der Waals surface area (Å²) in [5, 5.41) is 16.9. The minimum atomic E-state index is -2.13. The zero-order valence-electron chi connectivity index (χ0n) is 5.69. The lowest BCUT2D eigenvalue weighted by Crippen LogP contribution is -2.51. The molecule has 0 saturated heterocycles. The van der Waals surface area contributed by atoms with E-state index in [-0.39, 0.29) is 0 Å². The molecule has 0 saturated carbocycles. The average Bonchev–Trinajstić information content (AvgIpc) is 1.86. The van der Waals surface area contributed by atoms with Crippen molar-refractivity contribution < 1.29 is 15.0 Å². The number of nitrogens with zero attached hydrogens (tertiary/aromatic N) is 1. The summed E-state index contributed by atoms with van der Waals surface area (Å²) in [6, 6.07) is 0. The zero-order valence-corrected chi connectivity index (χ0v) is 5.69. The topological polar surface area (TPSA) is 148 Å². The van der Waals surface area contributed by atoms with Crippen molar-refractivity contribution in [1.29, 1.82) is 0 Å². The first-order chi connectivity index (χ1) is 4.92. The number of aliphatic hydroxyl groups is 1. The molecule has 0 aliphatic carbocycles. The van der Waals surface area contributed by atoms with Gasteiger partial charge in [-0.1, -0.05) is 0 Å². The summed E-state index contributed by atoms with van der Waals surface area (Å²) in [5.41, 5.74) is 12.6. The summed E-state index contributed by atoms with van der Waals surface area (Å²) in [6.07, 6.45) is 0. The lowest BCUT2D eigenvalue weighted by atomic mass is 10.2. The molecule has 7 heteroatoms. The molecule has 0 aliphatic rings. The Bertz CT molecular complexity index is 188. The molecule has 0 aromatic rings. The van der Waals surface area contributed by atoms with Crippen LogP contribution in [0.1, 0.15) is 0 Å². The fourth-order valence-electron chi connectivity index (χ4n) is 0.381. The number of guanidine groups is 1. The van der Waals surface area contributed by atoms with Gasteiger partial charge >= 0.3 is 5.97 Å². The van der Waals surface area contributed by atoms with Crippen LogP contribution in [0.2, 0.25) is 0 Å². The third-order valence-corrected chi connectivity index (χ3v) is 0.940. The predicted molar refractivity (Wildman–Crippen MR) is 37.4 cm³/mol. The molecule has 0 heterocycles. The first kappa shape index (κ1) is 9.66. The Kier molecular flexibility index (Phi) is 2.78. The third kappa shape index (κ3) is 2.40. The van der Waals surface area contributed by atoms with Crippen molar-refractivity contribution in [3.63, 3.8) is 0 Å². The maximum atomic E-state index is 10.3. The smallest absolute Gasteiger partial charge is 0.349 e. The maximum absolute atomic E-state index is 10.3. The summed E-state index contributed by atoms with van der Waals surface area (Å²) in [5.74, 6) is -1.97. The highest BCUT2D eigenvalue weighted by Crippen LogP contribution is 2.00. The molecule has 0 fully saturated rings. The number of hydrogen-bond donors (Lipinski definition) is 5. The maximum Gasteiger partial charge on any atom is 0.349 e. The Morgan fingerprint density at radius 3 is 2.09 bits per heavy atom. The van der Waals surface area contributed by atoms with Crippen molar-refractivity contribution in [2.24, 2.45) is 22.2 Å². The molecule has 0 unspecified atom stereocenters. The fraction of sp³-hybridized carbons (Fsp3) is 0.500. The van der Waals surface area contributed by atoms with E-state index in [1.807, 2.05) is 0 Å². The van der Waals surface area contributed by atoms with Gasteiger partial charge in [0, 0.05) is 0 Å². The van der Waals surface area contributed by atoms with Gasteiger partial charge in [-0.2, -0.15) is 0 Å². The van der Waals surface area contributed by atoms with Crippen molar-refractivity contribution in [2.75, 3.05) is 6.61 Å². The number of nitrogens with two attached hydrogens (primary N) is 3. The van der Waals surface area contributed by atoms with E-state index in [0.29, 0.717) is 0 Å². The summed E-state index contributed by atoms with van der Waals surface area (Å²) in [6.45, 7) is -0.861. The highest BCUT2D eigenvalue weighted by atomic mass is 16.4. The second-order valence-corrected chi connectivity index (χ2v) is 1.92. The third-order valence-electron chi connectivity index (χ3n) is 0.940. The monoisotopic (exact) mass is 162 g/mol. The molecule has 0 spiro atoms. The normalized spacial score (nSPS) is 15.1. The SMILES string of the molecule is NC(N)=N[C@](N)(CO)C(=O)O. The Labute approximate surface area is 62.5 Å². The van der Waals surface area contributed by atoms with Gasteiger partial charge in [-0.25, -0.2) is 9.79 Å². The summed E-state index contributed by atoms with van der Waals surface area (Å²) < 4.78 is 0. The molecule has 11 heavy (non-hydrogen) atoms. The highest BCUT2D eigenvalue weighted by Gasteiger charge is 2.32. The fourth-order valence-corrected chi connectivity index (χ4v) is 0.381. The number of aliphatic carboxylic acids is 1. The standard InChI is InChI=1S/C4H10N4O3/c5-3(6)8-4(7,1-9)2(10)11/h9H,1,7H2,(H,10,11)(H4,5,6,8)/t4-/m1/s1. The van der Waals surface area contributed by atoms with Crippen LogP contribution in [0.15, 0.2) is 4.99 Å². The van der Waals surface area contributed by atoms with Crippen molar-refractivity contribution in [3.05, 3.63) is 0 Å². The minimum Gasteiger partial charge on any atom is -0.478 e. The highest BCUT2D eigenvalue weighted by molar-refractivity contribution is 5.84. The van der Waals surface area contributed by atoms with E-state index in [0.717, 1.165) is 0 Å². The molecule has 0 aliphatic heterocycles. The van der Waals surface area contributed by atoms with Gasteiger partial charge < -0.3 is 21.7 Å². The number of carboxylic acid groups (broad SMARTS) is 1. The van der Waals surface area contributed by atoms with Gasteiger partial charge in [0.05, 0.1) is 6.61 Å². The molecule has 1 atom stereocenters.